The van der Waals surface area contributed by atoms with Crippen molar-refractivity contribution in [2.24, 2.45) is 0 Å². The van der Waals surface area contributed by atoms with Gasteiger partial charge < -0.3 is 9.73 Å². The Labute approximate surface area is 158 Å². The van der Waals surface area contributed by atoms with Gasteiger partial charge >= 0.3 is 0 Å². The molecule has 4 nitrogen and oxygen atoms in total. The Balaban J connectivity index is 1.69. The molecule has 4 heteroatoms. The number of rotatable bonds is 6. The third-order valence-corrected chi connectivity index (χ3v) is 4.49. The molecule has 3 aromatic carbocycles. The zero-order valence-corrected chi connectivity index (χ0v) is 15.2. The highest BCUT2D eigenvalue weighted by molar-refractivity contribution is 5.53. The van der Waals surface area contributed by atoms with Crippen molar-refractivity contribution in [1.29, 1.82) is 0 Å². The molecule has 4 rings (SSSR count). The largest absolute Gasteiger partial charge is 0.418 e. The first-order chi connectivity index (χ1) is 13.3. The Morgan fingerprint density at radius 3 is 2.33 bits per heavy atom. The van der Waals surface area contributed by atoms with E-state index in [1.165, 1.54) is 5.56 Å². The van der Waals surface area contributed by atoms with Gasteiger partial charge in [0.05, 0.1) is 0 Å². The molecule has 1 N–H and O–H groups in total. The number of aryl methyl sites for hydroxylation is 1. The monoisotopic (exact) mass is 355 g/mol. The van der Waals surface area contributed by atoms with Crippen LogP contribution < -0.4 is 5.32 Å². The van der Waals surface area contributed by atoms with Crippen LogP contribution in [0.5, 0.6) is 0 Å². The van der Waals surface area contributed by atoms with Crippen molar-refractivity contribution in [2.75, 3.05) is 5.32 Å². The summed E-state index contributed by atoms with van der Waals surface area (Å²) in [5.74, 6) is 1.07. The number of hydrogen-bond donors (Lipinski definition) is 1. The van der Waals surface area contributed by atoms with E-state index in [4.69, 9.17) is 4.42 Å². The van der Waals surface area contributed by atoms with Crippen molar-refractivity contribution in [3.05, 3.63) is 102 Å². The average molecular weight is 355 g/mol. The Morgan fingerprint density at radius 1 is 0.852 bits per heavy atom. The van der Waals surface area contributed by atoms with Crippen LogP contribution >= 0.6 is 0 Å². The lowest BCUT2D eigenvalue weighted by atomic mass is 10.1. The van der Waals surface area contributed by atoms with Crippen molar-refractivity contribution in [3.63, 3.8) is 0 Å². The summed E-state index contributed by atoms with van der Waals surface area (Å²) >= 11 is 0. The summed E-state index contributed by atoms with van der Waals surface area (Å²) < 4.78 is 6.03. The van der Waals surface area contributed by atoms with Crippen LogP contribution in [0.1, 0.15) is 30.0 Å². The van der Waals surface area contributed by atoms with Gasteiger partial charge in [-0.1, -0.05) is 67.6 Å². The zero-order valence-electron chi connectivity index (χ0n) is 15.2. The van der Waals surface area contributed by atoms with Crippen molar-refractivity contribution in [1.82, 2.24) is 10.2 Å². The van der Waals surface area contributed by atoms with Crippen LogP contribution in [-0.2, 0) is 6.42 Å². The Bertz CT molecular complexity index is 996. The first-order valence-corrected chi connectivity index (χ1v) is 9.12. The molecule has 134 valence electrons. The Morgan fingerprint density at radius 2 is 1.59 bits per heavy atom. The van der Waals surface area contributed by atoms with Crippen LogP contribution in [-0.4, -0.2) is 10.2 Å². The molecule has 0 aliphatic carbocycles. The lowest BCUT2D eigenvalue weighted by Crippen LogP contribution is -2.13. The van der Waals surface area contributed by atoms with Gasteiger partial charge in [-0.2, -0.15) is 0 Å². The van der Waals surface area contributed by atoms with Crippen LogP contribution in [0.3, 0.4) is 0 Å². The molecule has 0 aliphatic rings. The highest BCUT2D eigenvalue weighted by Gasteiger charge is 2.21. The van der Waals surface area contributed by atoms with Crippen LogP contribution in [0.4, 0.5) is 5.69 Å². The fraction of sp³-hybridized carbons (Fsp3) is 0.130. The lowest BCUT2D eigenvalue weighted by molar-refractivity contribution is 0.494. The highest BCUT2D eigenvalue weighted by atomic mass is 16.4. The number of aromatic nitrogens is 2. The molecule has 0 saturated heterocycles. The highest BCUT2D eigenvalue weighted by Crippen LogP contribution is 2.28. The van der Waals surface area contributed by atoms with Gasteiger partial charge in [-0.3, -0.25) is 0 Å². The lowest BCUT2D eigenvalue weighted by Gasteiger charge is -2.17. The number of anilines is 1. The van der Waals surface area contributed by atoms with Crippen LogP contribution in [0.2, 0.25) is 0 Å². The van der Waals surface area contributed by atoms with E-state index in [1.807, 2.05) is 48.5 Å². The number of benzene rings is 3. The summed E-state index contributed by atoms with van der Waals surface area (Å²) in [6.07, 6.45) is 0.990. The van der Waals surface area contributed by atoms with Crippen LogP contribution in [0.25, 0.3) is 11.5 Å². The predicted octanol–water partition coefficient (Wildman–Crippen LogP) is 5.50. The maximum atomic E-state index is 6.03. The van der Waals surface area contributed by atoms with Gasteiger partial charge in [0.15, 0.2) is 0 Å². The van der Waals surface area contributed by atoms with E-state index in [-0.39, 0.29) is 6.04 Å². The van der Waals surface area contributed by atoms with Crippen molar-refractivity contribution in [3.8, 4) is 11.5 Å². The van der Waals surface area contributed by atoms with Gasteiger partial charge in [0.25, 0.3) is 0 Å². The Hall–Kier alpha value is -3.40. The van der Waals surface area contributed by atoms with E-state index in [0.717, 1.165) is 23.2 Å². The molecule has 27 heavy (non-hydrogen) atoms. The Kier molecular flexibility index (Phi) is 4.97. The fourth-order valence-electron chi connectivity index (χ4n) is 3.03. The molecule has 0 saturated carbocycles. The SMILES string of the molecule is CCc1cccc(N[C@@H](c2ccccc2)c2nnc(-c3ccccc3)o2)c1. The quantitative estimate of drug-likeness (QED) is 0.496. The second-order valence-corrected chi connectivity index (χ2v) is 6.35. The summed E-state index contributed by atoms with van der Waals surface area (Å²) in [5.41, 5.74) is 4.30. The molecule has 1 heterocycles. The molecule has 0 unspecified atom stereocenters. The number of nitrogens with zero attached hydrogens (tertiary/aromatic N) is 2. The van der Waals surface area contributed by atoms with E-state index in [0.29, 0.717) is 11.8 Å². The topological polar surface area (TPSA) is 51.0 Å². The van der Waals surface area contributed by atoms with Crippen molar-refractivity contribution < 1.29 is 4.42 Å². The van der Waals surface area contributed by atoms with Gasteiger partial charge in [0.1, 0.15) is 6.04 Å². The summed E-state index contributed by atoms with van der Waals surface area (Å²) in [7, 11) is 0. The third kappa shape index (κ3) is 3.90. The molecule has 0 amide bonds. The first kappa shape index (κ1) is 17.0. The maximum Gasteiger partial charge on any atom is 0.247 e. The molecule has 4 aromatic rings. The third-order valence-electron chi connectivity index (χ3n) is 4.49. The molecule has 1 atom stereocenters. The number of nitrogens with one attached hydrogen (secondary N) is 1. The van der Waals surface area contributed by atoms with Gasteiger partial charge in [-0.25, -0.2) is 0 Å². The molecule has 0 aliphatic heterocycles. The summed E-state index contributed by atoms with van der Waals surface area (Å²) in [6.45, 7) is 2.15. The second-order valence-electron chi connectivity index (χ2n) is 6.35. The molecule has 0 spiro atoms. The summed E-state index contributed by atoms with van der Waals surface area (Å²) in [5, 5.41) is 12.1. The molecular formula is C23H21N3O. The summed E-state index contributed by atoms with van der Waals surface area (Å²) in [6, 6.07) is 28.2. The van der Waals surface area contributed by atoms with Crippen molar-refractivity contribution in [2.45, 2.75) is 19.4 Å². The molecular weight excluding hydrogens is 334 g/mol. The van der Waals surface area contributed by atoms with Gasteiger partial charge in [0.2, 0.25) is 11.8 Å². The van der Waals surface area contributed by atoms with Crippen LogP contribution in [0, 0.1) is 0 Å². The minimum absolute atomic E-state index is 0.219. The summed E-state index contributed by atoms with van der Waals surface area (Å²) in [4.78, 5) is 0. The van der Waals surface area contributed by atoms with E-state index in [2.05, 4.69) is 58.8 Å². The standard InChI is InChI=1S/C23H21N3O/c1-2-17-10-9-15-20(16-17)24-21(18-11-5-3-6-12-18)23-26-25-22(27-23)19-13-7-4-8-14-19/h3-16,21,24H,2H2,1H3/t21-/m0/s1. The second kappa shape index (κ2) is 7.87. The van der Waals surface area contributed by atoms with E-state index >= 15 is 0 Å². The van der Waals surface area contributed by atoms with Gasteiger partial charge in [0, 0.05) is 11.3 Å². The molecule has 0 fully saturated rings. The zero-order chi connectivity index (χ0) is 18.5. The van der Waals surface area contributed by atoms with E-state index in [9.17, 15) is 0 Å². The fourth-order valence-corrected chi connectivity index (χ4v) is 3.03. The number of hydrogen-bond acceptors (Lipinski definition) is 4. The predicted molar refractivity (Wildman–Crippen MR) is 107 cm³/mol. The first-order valence-electron chi connectivity index (χ1n) is 9.12. The van der Waals surface area contributed by atoms with Crippen molar-refractivity contribution >= 4 is 5.69 Å². The van der Waals surface area contributed by atoms with E-state index in [1.54, 1.807) is 0 Å². The maximum absolute atomic E-state index is 6.03. The van der Waals surface area contributed by atoms with Crippen LogP contribution in [0.15, 0.2) is 89.3 Å². The molecule has 0 radical (unpaired) electrons. The average Bonchev–Trinajstić information content (AvgIpc) is 3.23. The van der Waals surface area contributed by atoms with Gasteiger partial charge in [-0.05, 0) is 41.8 Å². The van der Waals surface area contributed by atoms with E-state index < -0.39 is 0 Å². The molecule has 0 bridgehead atoms. The minimum atomic E-state index is -0.219. The van der Waals surface area contributed by atoms with Gasteiger partial charge in [-0.15, -0.1) is 10.2 Å². The smallest absolute Gasteiger partial charge is 0.247 e. The normalized spacial score (nSPS) is 11.9. The molecule has 1 aromatic heterocycles. The minimum Gasteiger partial charge on any atom is -0.418 e.